The summed E-state index contributed by atoms with van der Waals surface area (Å²) >= 11 is 5.95. The molecule has 1 aromatic rings. The number of hydrogen-bond acceptors (Lipinski definition) is 2. The highest BCUT2D eigenvalue weighted by molar-refractivity contribution is 6.31. The lowest BCUT2D eigenvalue weighted by Crippen LogP contribution is -2.11. The molecule has 0 radical (unpaired) electrons. The van der Waals surface area contributed by atoms with Crippen molar-refractivity contribution in [3.8, 4) is 5.75 Å². The Morgan fingerprint density at radius 1 is 1.33 bits per heavy atom. The van der Waals surface area contributed by atoms with Crippen LogP contribution in [-0.4, -0.2) is 17.7 Å². The third kappa shape index (κ3) is 3.64. The number of rotatable bonds is 5. The molecule has 100 valence electrons. The lowest BCUT2D eigenvalue weighted by molar-refractivity contribution is 0.0691. The molecule has 0 aliphatic rings. The van der Waals surface area contributed by atoms with Crippen LogP contribution in [0.5, 0.6) is 5.75 Å². The Morgan fingerprint density at radius 3 is 2.39 bits per heavy atom. The van der Waals surface area contributed by atoms with Crippen LogP contribution < -0.4 is 4.74 Å². The highest BCUT2D eigenvalue weighted by Crippen LogP contribution is 2.33. The van der Waals surface area contributed by atoms with Gasteiger partial charge >= 0.3 is 5.97 Å². The van der Waals surface area contributed by atoms with Gasteiger partial charge in [0.2, 0.25) is 0 Å². The van der Waals surface area contributed by atoms with Crippen molar-refractivity contribution in [2.24, 2.45) is 5.92 Å². The van der Waals surface area contributed by atoms with E-state index >= 15 is 0 Å². The molecule has 0 aliphatic heterocycles. The molecule has 0 bridgehead atoms. The van der Waals surface area contributed by atoms with Crippen molar-refractivity contribution in [1.82, 2.24) is 0 Å². The fraction of sp³-hybridized carbons (Fsp3) is 0.500. The second-order valence-corrected chi connectivity index (χ2v) is 5.47. The van der Waals surface area contributed by atoms with Crippen LogP contribution in [0.2, 0.25) is 5.02 Å². The van der Waals surface area contributed by atoms with Gasteiger partial charge in [-0.25, -0.2) is 4.79 Å². The van der Waals surface area contributed by atoms with E-state index in [1.54, 1.807) is 6.07 Å². The first kappa shape index (κ1) is 14.8. The van der Waals surface area contributed by atoms with Crippen molar-refractivity contribution in [3.05, 3.63) is 28.3 Å². The van der Waals surface area contributed by atoms with Crippen molar-refractivity contribution in [2.75, 3.05) is 6.61 Å². The monoisotopic (exact) mass is 270 g/mol. The maximum Gasteiger partial charge on any atom is 0.339 e. The van der Waals surface area contributed by atoms with Gasteiger partial charge < -0.3 is 9.84 Å². The Labute approximate surface area is 113 Å². The number of ether oxygens (including phenoxy) is 1. The standard InChI is InChI=1S/C14H19ClO3/c1-8(2)7-18-13-11(9(3)4)5-10(15)6-12(13)14(16)17/h5-6,8-9H,7H2,1-4H3,(H,16,17). The SMILES string of the molecule is CC(C)COc1c(C(=O)O)cc(Cl)cc1C(C)C. The summed E-state index contributed by atoms with van der Waals surface area (Å²) < 4.78 is 5.67. The number of benzene rings is 1. The Hall–Kier alpha value is -1.22. The highest BCUT2D eigenvalue weighted by Gasteiger charge is 2.19. The Bertz CT molecular complexity index is 439. The predicted molar refractivity (Wildman–Crippen MR) is 72.8 cm³/mol. The zero-order chi connectivity index (χ0) is 13.9. The van der Waals surface area contributed by atoms with Crippen molar-refractivity contribution in [1.29, 1.82) is 0 Å². The van der Waals surface area contributed by atoms with Crippen LogP contribution in [0, 0.1) is 5.92 Å². The zero-order valence-corrected chi connectivity index (χ0v) is 11.9. The van der Waals surface area contributed by atoms with Gasteiger partial charge in [-0.1, -0.05) is 39.3 Å². The molecule has 0 saturated carbocycles. The van der Waals surface area contributed by atoms with E-state index in [2.05, 4.69) is 0 Å². The van der Waals surface area contributed by atoms with Gasteiger partial charge in [-0.15, -0.1) is 0 Å². The van der Waals surface area contributed by atoms with Crippen molar-refractivity contribution in [2.45, 2.75) is 33.6 Å². The second-order valence-electron chi connectivity index (χ2n) is 5.04. The zero-order valence-electron chi connectivity index (χ0n) is 11.2. The smallest absolute Gasteiger partial charge is 0.339 e. The Balaban J connectivity index is 3.27. The molecule has 0 atom stereocenters. The molecule has 0 saturated heterocycles. The normalized spacial score (nSPS) is 11.1. The fourth-order valence-electron chi connectivity index (χ4n) is 1.61. The molecule has 0 amide bonds. The molecular formula is C14H19ClO3. The molecule has 1 N–H and O–H groups in total. The molecule has 0 heterocycles. The minimum atomic E-state index is -1.02. The third-order valence-corrected chi connectivity index (χ3v) is 2.71. The van der Waals surface area contributed by atoms with E-state index in [1.807, 2.05) is 27.7 Å². The quantitative estimate of drug-likeness (QED) is 0.872. The van der Waals surface area contributed by atoms with E-state index in [1.165, 1.54) is 6.07 Å². The van der Waals surface area contributed by atoms with Crippen molar-refractivity contribution >= 4 is 17.6 Å². The van der Waals surface area contributed by atoms with Crippen LogP contribution in [0.25, 0.3) is 0 Å². The van der Waals surface area contributed by atoms with Crippen molar-refractivity contribution in [3.63, 3.8) is 0 Å². The largest absolute Gasteiger partial charge is 0.492 e. The summed E-state index contributed by atoms with van der Waals surface area (Å²) in [6.45, 7) is 8.50. The topological polar surface area (TPSA) is 46.5 Å². The van der Waals surface area contributed by atoms with Gasteiger partial charge in [0.1, 0.15) is 11.3 Å². The average Bonchev–Trinajstić information content (AvgIpc) is 2.25. The maximum atomic E-state index is 11.3. The minimum absolute atomic E-state index is 0.131. The maximum absolute atomic E-state index is 11.3. The summed E-state index contributed by atoms with van der Waals surface area (Å²) in [6.07, 6.45) is 0. The third-order valence-electron chi connectivity index (χ3n) is 2.50. The van der Waals surface area contributed by atoms with Crippen LogP contribution in [0.15, 0.2) is 12.1 Å². The van der Waals surface area contributed by atoms with Crippen LogP contribution in [0.1, 0.15) is 49.5 Å². The van der Waals surface area contributed by atoms with Gasteiger partial charge in [0.05, 0.1) is 6.61 Å². The van der Waals surface area contributed by atoms with E-state index in [9.17, 15) is 9.90 Å². The summed E-state index contributed by atoms with van der Waals surface area (Å²) in [5.41, 5.74) is 0.965. The molecule has 0 fully saturated rings. The summed E-state index contributed by atoms with van der Waals surface area (Å²) in [5.74, 6) is -0.0833. The summed E-state index contributed by atoms with van der Waals surface area (Å²) in [6, 6.07) is 3.21. The van der Waals surface area contributed by atoms with E-state index in [-0.39, 0.29) is 11.5 Å². The highest BCUT2D eigenvalue weighted by atomic mass is 35.5. The first-order valence-corrected chi connectivity index (χ1v) is 6.40. The first-order valence-electron chi connectivity index (χ1n) is 6.02. The van der Waals surface area contributed by atoms with E-state index in [4.69, 9.17) is 16.3 Å². The molecule has 1 aromatic carbocycles. The van der Waals surface area contributed by atoms with Gasteiger partial charge in [-0.05, 0) is 29.5 Å². The first-order chi connectivity index (χ1) is 8.32. The van der Waals surface area contributed by atoms with E-state index in [0.717, 1.165) is 5.56 Å². The minimum Gasteiger partial charge on any atom is -0.492 e. The van der Waals surface area contributed by atoms with E-state index in [0.29, 0.717) is 23.3 Å². The summed E-state index contributed by atoms with van der Waals surface area (Å²) in [4.78, 5) is 11.3. The second kappa shape index (κ2) is 6.10. The van der Waals surface area contributed by atoms with Gasteiger partial charge in [-0.2, -0.15) is 0 Å². The Kier molecular flexibility index (Phi) is 5.03. The van der Waals surface area contributed by atoms with Crippen LogP contribution in [0.3, 0.4) is 0 Å². The van der Waals surface area contributed by atoms with Crippen LogP contribution >= 0.6 is 11.6 Å². The van der Waals surface area contributed by atoms with Crippen LogP contribution in [-0.2, 0) is 0 Å². The van der Waals surface area contributed by atoms with Gasteiger partial charge in [0.15, 0.2) is 0 Å². The lowest BCUT2D eigenvalue weighted by atomic mass is 9.99. The predicted octanol–water partition coefficient (Wildman–Crippen LogP) is 4.20. The van der Waals surface area contributed by atoms with Gasteiger partial charge in [0.25, 0.3) is 0 Å². The molecule has 0 spiro atoms. The molecule has 0 aromatic heterocycles. The molecule has 3 nitrogen and oxygen atoms in total. The summed E-state index contributed by atoms with van der Waals surface area (Å²) in [5, 5.41) is 9.65. The number of aromatic carboxylic acids is 1. The fourth-order valence-corrected chi connectivity index (χ4v) is 1.84. The Morgan fingerprint density at radius 2 is 1.94 bits per heavy atom. The van der Waals surface area contributed by atoms with Gasteiger partial charge in [0, 0.05) is 5.02 Å². The average molecular weight is 271 g/mol. The van der Waals surface area contributed by atoms with Crippen molar-refractivity contribution < 1.29 is 14.6 Å². The number of carbonyl (C=O) groups is 1. The molecule has 18 heavy (non-hydrogen) atoms. The van der Waals surface area contributed by atoms with E-state index < -0.39 is 5.97 Å². The van der Waals surface area contributed by atoms with Crippen LogP contribution in [0.4, 0.5) is 0 Å². The molecule has 0 aliphatic carbocycles. The number of carboxylic acids is 1. The lowest BCUT2D eigenvalue weighted by Gasteiger charge is -2.18. The van der Waals surface area contributed by atoms with Gasteiger partial charge in [-0.3, -0.25) is 0 Å². The molecular weight excluding hydrogens is 252 g/mol. The number of hydrogen-bond donors (Lipinski definition) is 1. The summed E-state index contributed by atoms with van der Waals surface area (Å²) in [7, 11) is 0. The number of carboxylic acid groups (broad SMARTS) is 1. The molecule has 1 rings (SSSR count). The molecule has 0 unspecified atom stereocenters. The molecule has 4 heteroatoms. The number of halogens is 1.